The zero-order valence-corrected chi connectivity index (χ0v) is 16.1. The molecule has 4 rings (SSSR count). The Morgan fingerprint density at radius 2 is 1.96 bits per heavy atom. The Balaban J connectivity index is 1.33. The van der Waals surface area contributed by atoms with E-state index in [0.29, 0.717) is 28.2 Å². The fraction of sp³-hybridized carbons (Fsp3) is 0.316. The van der Waals surface area contributed by atoms with Gasteiger partial charge in [-0.05, 0) is 56.3 Å². The molecule has 1 aromatic carbocycles. The molecule has 0 unspecified atom stereocenters. The third-order valence-corrected chi connectivity index (χ3v) is 5.41. The number of fused-ring (bicyclic) bond motifs is 1. The van der Waals surface area contributed by atoms with Crippen LogP contribution in [0.3, 0.4) is 0 Å². The first-order chi connectivity index (χ1) is 13.1. The molecule has 0 spiro atoms. The van der Waals surface area contributed by atoms with Crippen LogP contribution in [0.1, 0.15) is 24.6 Å². The van der Waals surface area contributed by atoms with Crippen molar-refractivity contribution in [3.8, 4) is 0 Å². The highest BCUT2D eigenvalue weighted by Gasteiger charge is 2.25. The molecule has 0 radical (unpaired) electrons. The molecule has 2 aromatic heterocycles. The summed E-state index contributed by atoms with van der Waals surface area (Å²) < 4.78 is 2.05. The molecule has 140 valence electrons. The molecule has 0 saturated carbocycles. The van der Waals surface area contributed by atoms with Gasteiger partial charge in [-0.3, -0.25) is 14.1 Å². The van der Waals surface area contributed by atoms with Gasteiger partial charge in [0, 0.05) is 17.1 Å². The molecule has 1 saturated heterocycles. The lowest BCUT2D eigenvalue weighted by atomic mass is 9.96. The molecule has 3 aromatic rings. The van der Waals surface area contributed by atoms with E-state index in [9.17, 15) is 4.79 Å². The molecule has 0 aliphatic carbocycles. The maximum atomic E-state index is 12.3. The highest BCUT2D eigenvalue weighted by atomic mass is 35.5. The first-order valence-electron chi connectivity index (χ1n) is 8.87. The van der Waals surface area contributed by atoms with E-state index in [0.717, 1.165) is 37.4 Å². The van der Waals surface area contributed by atoms with Crippen molar-refractivity contribution in [1.29, 1.82) is 0 Å². The molecule has 8 heteroatoms. The van der Waals surface area contributed by atoms with Crippen molar-refractivity contribution in [3.05, 3.63) is 58.5 Å². The van der Waals surface area contributed by atoms with Gasteiger partial charge in [0.05, 0.1) is 17.3 Å². The van der Waals surface area contributed by atoms with E-state index in [-0.39, 0.29) is 5.91 Å². The number of carbonyl (C=O) groups excluding carboxylic acids is 1. The van der Waals surface area contributed by atoms with E-state index in [1.165, 1.54) is 0 Å². The minimum atomic E-state index is -0.0781. The van der Waals surface area contributed by atoms with Crippen molar-refractivity contribution in [2.24, 2.45) is 0 Å². The summed E-state index contributed by atoms with van der Waals surface area (Å²) >= 11 is 12.0. The van der Waals surface area contributed by atoms with Gasteiger partial charge in [-0.15, -0.1) is 10.2 Å². The predicted molar refractivity (Wildman–Crippen MR) is 106 cm³/mol. The Bertz CT molecular complexity index is 966. The van der Waals surface area contributed by atoms with Crippen molar-refractivity contribution in [2.75, 3.05) is 25.0 Å². The topological polar surface area (TPSA) is 62.5 Å². The van der Waals surface area contributed by atoms with E-state index in [2.05, 4.69) is 24.8 Å². The van der Waals surface area contributed by atoms with E-state index < -0.39 is 0 Å². The molecule has 1 aliphatic heterocycles. The van der Waals surface area contributed by atoms with Gasteiger partial charge in [0.25, 0.3) is 0 Å². The van der Waals surface area contributed by atoms with Gasteiger partial charge in [0.1, 0.15) is 5.82 Å². The smallest absolute Gasteiger partial charge is 0.238 e. The molecule has 0 atom stereocenters. The second-order valence-electron chi connectivity index (χ2n) is 6.71. The number of benzene rings is 1. The van der Waals surface area contributed by atoms with Crippen LogP contribution < -0.4 is 5.32 Å². The lowest BCUT2D eigenvalue weighted by Crippen LogP contribution is -2.39. The normalized spacial score (nSPS) is 15.9. The number of anilines is 1. The number of nitrogens with zero attached hydrogens (tertiary/aromatic N) is 4. The Morgan fingerprint density at radius 3 is 2.74 bits per heavy atom. The van der Waals surface area contributed by atoms with E-state index in [1.54, 1.807) is 18.2 Å². The standard InChI is InChI=1S/C19H19Cl2N5O/c20-14-4-5-16(15(21)11-14)22-18(27)12-25-9-6-13(7-10-25)19-24-23-17-3-1-2-8-26(17)19/h1-5,8,11,13H,6-7,9-10,12H2,(H,22,27). The molecule has 3 heterocycles. The van der Waals surface area contributed by atoms with Crippen LogP contribution in [0.15, 0.2) is 42.6 Å². The van der Waals surface area contributed by atoms with Gasteiger partial charge < -0.3 is 5.32 Å². The van der Waals surface area contributed by atoms with Gasteiger partial charge in [0.2, 0.25) is 5.91 Å². The zero-order chi connectivity index (χ0) is 18.8. The second kappa shape index (κ2) is 7.84. The maximum absolute atomic E-state index is 12.3. The van der Waals surface area contributed by atoms with Crippen LogP contribution in [0.2, 0.25) is 10.0 Å². The fourth-order valence-electron chi connectivity index (χ4n) is 3.47. The third kappa shape index (κ3) is 4.08. The van der Waals surface area contributed by atoms with Crippen LogP contribution in [0.25, 0.3) is 5.65 Å². The van der Waals surface area contributed by atoms with Crippen molar-refractivity contribution < 1.29 is 4.79 Å². The summed E-state index contributed by atoms with van der Waals surface area (Å²) in [5.41, 5.74) is 1.45. The zero-order valence-electron chi connectivity index (χ0n) is 14.6. The molecular weight excluding hydrogens is 385 g/mol. The fourth-order valence-corrected chi connectivity index (χ4v) is 3.93. The average molecular weight is 404 g/mol. The number of likely N-dealkylation sites (tertiary alicyclic amines) is 1. The first kappa shape index (κ1) is 18.2. The summed E-state index contributed by atoms with van der Waals surface area (Å²) in [6, 6.07) is 10.9. The molecule has 1 amide bonds. The minimum absolute atomic E-state index is 0.0781. The average Bonchev–Trinajstić information content (AvgIpc) is 3.09. The van der Waals surface area contributed by atoms with Crippen LogP contribution in [0.5, 0.6) is 0 Å². The lowest BCUT2D eigenvalue weighted by Gasteiger charge is -2.30. The molecule has 1 fully saturated rings. The first-order valence-corrected chi connectivity index (χ1v) is 9.62. The highest BCUT2D eigenvalue weighted by Crippen LogP contribution is 2.28. The lowest BCUT2D eigenvalue weighted by molar-refractivity contribution is -0.117. The van der Waals surface area contributed by atoms with Crippen molar-refractivity contribution in [2.45, 2.75) is 18.8 Å². The number of hydrogen-bond acceptors (Lipinski definition) is 4. The highest BCUT2D eigenvalue weighted by molar-refractivity contribution is 6.36. The van der Waals surface area contributed by atoms with E-state index in [1.807, 2.05) is 24.4 Å². The quantitative estimate of drug-likeness (QED) is 0.718. The monoisotopic (exact) mass is 403 g/mol. The molecule has 1 aliphatic rings. The molecule has 1 N–H and O–H groups in total. The number of carbonyl (C=O) groups is 1. The summed E-state index contributed by atoms with van der Waals surface area (Å²) in [4.78, 5) is 14.5. The van der Waals surface area contributed by atoms with E-state index in [4.69, 9.17) is 23.2 Å². The van der Waals surface area contributed by atoms with Crippen LogP contribution in [-0.2, 0) is 4.79 Å². The van der Waals surface area contributed by atoms with Crippen LogP contribution in [0, 0.1) is 0 Å². The number of halogens is 2. The predicted octanol–water partition coefficient (Wildman–Crippen LogP) is 3.85. The number of piperidine rings is 1. The summed E-state index contributed by atoms with van der Waals surface area (Å²) in [5, 5.41) is 12.4. The molecular formula is C19H19Cl2N5O. The Labute approximate surface area is 167 Å². The Hall–Kier alpha value is -2.15. The number of aromatic nitrogens is 3. The van der Waals surface area contributed by atoms with E-state index >= 15 is 0 Å². The van der Waals surface area contributed by atoms with Gasteiger partial charge in [0.15, 0.2) is 5.65 Å². The number of amides is 1. The van der Waals surface area contributed by atoms with Gasteiger partial charge >= 0.3 is 0 Å². The number of rotatable bonds is 4. The van der Waals surface area contributed by atoms with Crippen molar-refractivity contribution in [1.82, 2.24) is 19.5 Å². The summed E-state index contributed by atoms with van der Waals surface area (Å²) in [7, 11) is 0. The van der Waals surface area contributed by atoms with Crippen LogP contribution >= 0.6 is 23.2 Å². The SMILES string of the molecule is O=C(CN1CCC(c2nnc3ccccn23)CC1)Nc1ccc(Cl)cc1Cl. The molecule has 27 heavy (non-hydrogen) atoms. The third-order valence-electron chi connectivity index (χ3n) is 4.87. The number of hydrogen-bond donors (Lipinski definition) is 1. The van der Waals surface area contributed by atoms with Crippen molar-refractivity contribution >= 4 is 40.4 Å². The van der Waals surface area contributed by atoms with Crippen LogP contribution in [0.4, 0.5) is 5.69 Å². The number of nitrogens with one attached hydrogen (secondary N) is 1. The van der Waals surface area contributed by atoms with Crippen molar-refractivity contribution in [3.63, 3.8) is 0 Å². The summed E-state index contributed by atoms with van der Waals surface area (Å²) in [6.45, 7) is 2.02. The van der Waals surface area contributed by atoms with Gasteiger partial charge in [-0.2, -0.15) is 0 Å². The summed E-state index contributed by atoms with van der Waals surface area (Å²) in [6.07, 6.45) is 3.90. The maximum Gasteiger partial charge on any atom is 0.238 e. The Morgan fingerprint density at radius 1 is 1.15 bits per heavy atom. The van der Waals surface area contributed by atoms with Gasteiger partial charge in [-0.25, -0.2) is 0 Å². The summed E-state index contributed by atoms with van der Waals surface area (Å²) in [5.74, 6) is 1.28. The molecule has 6 nitrogen and oxygen atoms in total. The van der Waals surface area contributed by atoms with Crippen LogP contribution in [-0.4, -0.2) is 45.0 Å². The second-order valence-corrected chi connectivity index (χ2v) is 7.55. The number of pyridine rings is 1. The minimum Gasteiger partial charge on any atom is -0.324 e. The molecule has 0 bridgehead atoms. The largest absolute Gasteiger partial charge is 0.324 e. The van der Waals surface area contributed by atoms with Gasteiger partial charge in [-0.1, -0.05) is 29.3 Å². The Kier molecular flexibility index (Phi) is 5.29.